The largest absolute Gasteiger partial charge is 0.375 e. The lowest BCUT2D eigenvalue weighted by Gasteiger charge is -2.35. The van der Waals surface area contributed by atoms with Crippen LogP contribution in [0, 0.1) is 0 Å². The van der Waals surface area contributed by atoms with Crippen LogP contribution >= 0.6 is 0 Å². The molecule has 4 heteroatoms. The lowest BCUT2D eigenvalue weighted by atomic mass is 10.1. The number of amides is 1. The Morgan fingerprint density at radius 2 is 2.00 bits per heavy atom. The van der Waals surface area contributed by atoms with Gasteiger partial charge in [-0.25, -0.2) is 0 Å². The fourth-order valence-electron chi connectivity index (χ4n) is 2.63. The third-order valence-electron chi connectivity index (χ3n) is 3.76. The number of rotatable bonds is 3. The fourth-order valence-corrected chi connectivity index (χ4v) is 2.63. The molecule has 0 N–H and O–H groups in total. The highest BCUT2D eigenvalue weighted by atomic mass is 16.5. The monoisotopic (exact) mass is 240 g/mol. The molecule has 0 aromatic heterocycles. The van der Waals surface area contributed by atoms with Crippen LogP contribution in [0.3, 0.4) is 0 Å². The zero-order chi connectivity index (χ0) is 12.3. The van der Waals surface area contributed by atoms with Crippen molar-refractivity contribution in [1.82, 2.24) is 9.80 Å². The van der Waals surface area contributed by atoms with Crippen LogP contribution in [0.5, 0.6) is 0 Å². The van der Waals surface area contributed by atoms with Crippen LogP contribution in [0.2, 0.25) is 0 Å². The van der Waals surface area contributed by atoms with Gasteiger partial charge in [0, 0.05) is 32.2 Å². The zero-order valence-electron chi connectivity index (χ0n) is 11.0. The van der Waals surface area contributed by atoms with Crippen molar-refractivity contribution in [3.8, 4) is 0 Å². The molecule has 98 valence electrons. The van der Waals surface area contributed by atoms with Crippen LogP contribution < -0.4 is 0 Å². The molecule has 1 atom stereocenters. The minimum absolute atomic E-state index is 0.0965. The smallest absolute Gasteiger partial charge is 0.225 e. The maximum atomic E-state index is 12.0. The predicted molar refractivity (Wildman–Crippen MR) is 66.9 cm³/mol. The number of carbonyl (C=O) groups excluding carboxylic acids is 1. The van der Waals surface area contributed by atoms with Gasteiger partial charge in [0.15, 0.2) is 0 Å². The van der Waals surface area contributed by atoms with E-state index in [9.17, 15) is 4.79 Å². The number of nitrogens with zero attached hydrogens (tertiary/aromatic N) is 2. The summed E-state index contributed by atoms with van der Waals surface area (Å²) in [6.07, 6.45) is 2.98. The summed E-state index contributed by atoms with van der Waals surface area (Å²) >= 11 is 0. The van der Waals surface area contributed by atoms with Crippen molar-refractivity contribution in [2.45, 2.75) is 45.3 Å². The van der Waals surface area contributed by atoms with Gasteiger partial charge in [-0.2, -0.15) is 0 Å². The van der Waals surface area contributed by atoms with Crippen LogP contribution in [-0.4, -0.2) is 60.6 Å². The molecular weight excluding hydrogens is 216 g/mol. The van der Waals surface area contributed by atoms with Gasteiger partial charge in [0.1, 0.15) is 0 Å². The maximum absolute atomic E-state index is 12.0. The Hall–Kier alpha value is -0.610. The van der Waals surface area contributed by atoms with Crippen molar-refractivity contribution >= 4 is 5.91 Å². The molecule has 2 fully saturated rings. The molecule has 0 aromatic carbocycles. The van der Waals surface area contributed by atoms with Gasteiger partial charge >= 0.3 is 0 Å². The standard InChI is InChI=1S/C13H24N2O2/c1-11(2)15-7-8-17-12(10-15)9-13(16)14-5-3-4-6-14/h11-12H,3-10H2,1-2H3. The molecule has 0 spiro atoms. The summed E-state index contributed by atoms with van der Waals surface area (Å²) in [6.45, 7) is 8.94. The van der Waals surface area contributed by atoms with E-state index in [0.717, 1.165) is 45.6 Å². The van der Waals surface area contributed by atoms with Crippen LogP contribution in [0.4, 0.5) is 0 Å². The van der Waals surface area contributed by atoms with Gasteiger partial charge in [0.2, 0.25) is 5.91 Å². The average molecular weight is 240 g/mol. The van der Waals surface area contributed by atoms with E-state index in [4.69, 9.17) is 4.74 Å². The van der Waals surface area contributed by atoms with Crippen LogP contribution in [0.15, 0.2) is 0 Å². The van der Waals surface area contributed by atoms with Crippen molar-refractivity contribution in [2.75, 3.05) is 32.8 Å². The van der Waals surface area contributed by atoms with Gasteiger partial charge in [-0.05, 0) is 26.7 Å². The molecule has 2 rings (SSSR count). The number of carbonyl (C=O) groups is 1. The summed E-state index contributed by atoms with van der Waals surface area (Å²) in [5, 5.41) is 0. The molecule has 0 radical (unpaired) electrons. The molecular formula is C13H24N2O2. The summed E-state index contributed by atoms with van der Waals surface area (Å²) in [5.41, 5.74) is 0. The van der Waals surface area contributed by atoms with E-state index in [1.54, 1.807) is 0 Å². The summed E-state index contributed by atoms with van der Waals surface area (Å²) in [4.78, 5) is 16.4. The van der Waals surface area contributed by atoms with Crippen LogP contribution in [0.1, 0.15) is 33.1 Å². The third-order valence-corrected chi connectivity index (χ3v) is 3.76. The SMILES string of the molecule is CC(C)N1CCOC(CC(=O)N2CCCC2)C1. The second-order valence-corrected chi connectivity index (χ2v) is 5.37. The Morgan fingerprint density at radius 3 is 2.65 bits per heavy atom. The maximum Gasteiger partial charge on any atom is 0.225 e. The van der Waals surface area contributed by atoms with Crippen molar-refractivity contribution in [3.05, 3.63) is 0 Å². The van der Waals surface area contributed by atoms with E-state index >= 15 is 0 Å². The van der Waals surface area contributed by atoms with Crippen LogP contribution in [-0.2, 0) is 9.53 Å². The molecule has 2 aliphatic rings. The Kier molecular flexibility index (Phi) is 4.40. The highest BCUT2D eigenvalue weighted by Gasteiger charge is 2.27. The Labute approximate surface area is 104 Å². The summed E-state index contributed by atoms with van der Waals surface area (Å²) in [6, 6.07) is 0.545. The summed E-state index contributed by atoms with van der Waals surface area (Å²) in [7, 11) is 0. The van der Waals surface area contributed by atoms with Crippen molar-refractivity contribution in [1.29, 1.82) is 0 Å². The van der Waals surface area contributed by atoms with E-state index in [0.29, 0.717) is 12.5 Å². The molecule has 2 heterocycles. The van der Waals surface area contributed by atoms with E-state index in [1.165, 1.54) is 0 Å². The first-order valence-electron chi connectivity index (χ1n) is 6.80. The molecule has 2 aliphatic heterocycles. The normalized spacial score (nSPS) is 26.8. The van der Waals surface area contributed by atoms with Gasteiger partial charge in [-0.15, -0.1) is 0 Å². The van der Waals surface area contributed by atoms with Crippen molar-refractivity contribution < 1.29 is 9.53 Å². The van der Waals surface area contributed by atoms with Crippen molar-refractivity contribution in [2.24, 2.45) is 0 Å². The van der Waals surface area contributed by atoms with Gasteiger partial charge in [-0.3, -0.25) is 9.69 Å². The lowest BCUT2D eigenvalue weighted by Crippen LogP contribution is -2.47. The lowest BCUT2D eigenvalue weighted by molar-refractivity contribution is -0.135. The minimum Gasteiger partial charge on any atom is -0.375 e. The van der Waals surface area contributed by atoms with Gasteiger partial charge in [0.05, 0.1) is 19.1 Å². The van der Waals surface area contributed by atoms with Gasteiger partial charge < -0.3 is 9.64 Å². The molecule has 0 saturated carbocycles. The zero-order valence-corrected chi connectivity index (χ0v) is 11.0. The van der Waals surface area contributed by atoms with E-state index in [-0.39, 0.29) is 12.0 Å². The molecule has 0 aliphatic carbocycles. The van der Waals surface area contributed by atoms with Gasteiger partial charge in [-0.1, -0.05) is 0 Å². The molecule has 2 saturated heterocycles. The van der Waals surface area contributed by atoms with E-state index < -0.39 is 0 Å². The first-order chi connectivity index (χ1) is 8.16. The van der Waals surface area contributed by atoms with Crippen LogP contribution in [0.25, 0.3) is 0 Å². The Bertz CT molecular complexity index is 262. The quantitative estimate of drug-likeness (QED) is 0.741. The second kappa shape index (κ2) is 5.83. The molecule has 4 nitrogen and oxygen atoms in total. The topological polar surface area (TPSA) is 32.8 Å². The third kappa shape index (κ3) is 3.42. The highest BCUT2D eigenvalue weighted by molar-refractivity contribution is 5.77. The molecule has 1 unspecified atom stereocenters. The predicted octanol–water partition coefficient (Wildman–Crippen LogP) is 1.11. The summed E-state index contributed by atoms with van der Waals surface area (Å²) < 4.78 is 5.70. The molecule has 17 heavy (non-hydrogen) atoms. The number of hydrogen-bond donors (Lipinski definition) is 0. The highest BCUT2D eigenvalue weighted by Crippen LogP contribution is 2.15. The number of likely N-dealkylation sites (tertiary alicyclic amines) is 1. The van der Waals surface area contributed by atoms with E-state index in [2.05, 4.69) is 18.7 Å². The fraction of sp³-hybridized carbons (Fsp3) is 0.923. The summed E-state index contributed by atoms with van der Waals surface area (Å²) in [5.74, 6) is 0.276. The van der Waals surface area contributed by atoms with Crippen molar-refractivity contribution in [3.63, 3.8) is 0 Å². The Morgan fingerprint density at radius 1 is 1.29 bits per heavy atom. The second-order valence-electron chi connectivity index (χ2n) is 5.37. The average Bonchev–Trinajstić information content (AvgIpc) is 2.82. The van der Waals surface area contributed by atoms with E-state index in [1.807, 2.05) is 4.90 Å². The number of hydrogen-bond acceptors (Lipinski definition) is 3. The number of morpholine rings is 1. The molecule has 1 amide bonds. The first kappa shape index (κ1) is 12.8. The first-order valence-corrected chi connectivity index (χ1v) is 6.80. The molecule has 0 aromatic rings. The number of ether oxygens (including phenoxy) is 1. The van der Waals surface area contributed by atoms with Gasteiger partial charge in [0.25, 0.3) is 0 Å². The molecule has 0 bridgehead atoms. The minimum atomic E-state index is 0.0965. The Balaban J connectivity index is 1.79.